The van der Waals surface area contributed by atoms with Gasteiger partial charge < -0.3 is 10.5 Å². The Hall–Kier alpha value is -1.48. The lowest BCUT2D eigenvalue weighted by Gasteiger charge is -2.21. The van der Waals surface area contributed by atoms with Crippen molar-refractivity contribution in [2.45, 2.75) is 26.4 Å². The first kappa shape index (κ1) is 12.0. The maximum atomic E-state index is 5.78. The van der Waals surface area contributed by atoms with Gasteiger partial charge in [-0.3, -0.25) is 0 Å². The van der Waals surface area contributed by atoms with E-state index in [2.05, 4.69) is 17.5 Å². The minimum absolute atomic E-state index is 0.158. The second-order valence-corrected chi connectivity index (χ2v) is 5.92. The van der Waals surface area contributed by atoms with Crippen molar-refractivity contribution in [3.63, 3.8) is 0 Å². The zero-order valence-electron chi connectivity index (χ0n) is 10.4. The third-order valence-corrected chi connectivity index (χ3v) is 2.99. The summed E-state index contributed by atoms with van der Waals surface area (Å²) in [4.78, 5) is 0. The predicted molar refractivity (Wildman–Crippen MR) is 74.5 cm³/mol. The Morgan fingerprint density at radius 3 is 2.18 bits per heavy atom. The molecule has 3 heteroatoms. The fraction of sp³-hybridized carbons (Fsp3) is 0.286. The van der Waals surface area contributed by atoms with Crippen LogP contribution in [0.15, 0.2) is 35.7 Å². The molecule has 1 aromatic carbocycles. The monoisotopic (exact) mass is 247 g/mol. The van der Waals surface area contributed by atoms with E-state index in [9.17, 15) is 0 Å². The van der Waals surface area contributed by atoms with Crippen LogP contribution in [0.5, 0.6) is 5.75 Å². The van der Waals surface area contributed by atoms with Crippen molar-refractivity contribution in [1.29, 1.82) is 0 Å². The van der Waals surface area contributed by atoms with Crippen LogP contribution in [-0.2, 0) is 0 Å². The molecule has 0 aliphatic rings. The van der Waals surface area contributed by atoms with Gasteiger partial charge in [-0.2, -0.15) is 0 Å². The van der Waals surface area contributed by atoms with E-state index < -0.39 is 0 Å². The van der Waals surface area contributed by atoms with Gasteiger partial charge in [-0.05, 0) is 50.1 Å². The number of hydrogen-bond donors (Lipinski definition) is 1. The second kappa shape index (κ2) is 4.41. The Morgan fingerprint density at radius 1 is 1.06 bits per heavy atom. The largest absolute Gasteiger partial charge is 0.488 e. The van der Waals surface area contributed by atoms with Crippen molar-refractivity contribution < 1.29 is 4.74 Å². The van der Waals surface area contributed by atoms with E-state index in [0.29, 0.717) is 0 Å². The molecule has 2 N–H and O–H groups in total. The first-order chi connectivity index (χ1) is 7.94. The van der Waals surface area contributed by atoms with Crippen molar-refractivity contribution in [3.05, 3.63) is 35.7 Å². The molecule has 0 unspecified atom stereocenters. The molecule has 0 bridgehead atoms. The summed E-state index contributed by atoms with van der Waals surface area (Å²) in [6, 6.07) is 10.1. The van der Waals surface area contributed by atoms with Crippen LogP contribution in [-0.4, -0.2) is 5.60 Å². The predicted octanol–water partition coefficient (Wildman–Crippen LogP) is 4.17. The first-order valence-corrected chi connectivity index (χ1v) is 6.45. The molecule has 0 atom stereocenters. The van der Waals surface area contributed by atoms with Gasteiger partial charge in [0.1, 0.15) is 11.4 Å². The van der Waals surface area contributed by atoms with Gasteiger partial charge in [-0.25, -0.2) is 0 Å². The lowest BCUT2D eigenvalue weighted by atomic mass is 10.1. The van der Waals surface area contributed by atoms with Gasteiger partial charge in [0.15, 0.2) is 0 Å². The molecule has 2 nitrogen and oxygen atoms in total. The number of anilines is 1. The third kappa shape index (κ3) is 3.24. The molecule has 2 rings (SSSR count). The second-order valence-electron chi connectivity index (χ2n) is 4.98. The molecule has 0 amide bonds. The molecule has 0 saturated carbocycles. The number of benzene rings is 1. The van der Waals surface area contributed by atoms with Crippen LogP contribution in [0.3, 0.4) is 0 Å². The highest BCUT2D eigenvalue weighted by atomic mass is 32.1. The van der Waals surface area contributed by atoms with Crippen LogP contribution in [0, 0.1) is 0 Å². The third-order valence-electron chi connectivity index (χ3n) is 2.23. The average molecular weight is 247 g/mol. The molecule has 0 radical (unpaired) electrons. The molecular weight excluding hydrogens is 230 g/mol. The molecule has 1 aromatic heterocycles. The Bertz CT molecular complexity index is 494. The SMILES string of the molecule is CC(C)(C)Oc1ccc(-c2csc(N)c2)cc1. The van der Waals surface area contributed by atoms with Gasteiger partial charge in [0.05, 0.1) is 5.00 Å². The van der Waals surface area contributed by atoms with E-state index in [1.807, 2.05) is 39.0 Å². The fourth-order valence-electron chi connectivity index (χ4n) is 1.57. The normalized spacial score (nSPS) is 11.5. The molecule has 1 heterocycles. The zero-order chi connectivity index (χ0) is 12.5. The van der Waals surface area contributed by atoms with Gasteiger partial charge in [0, 0.05) is 5.38 Å². The van der Waals surface area contributed by atoms with Crippen LogP contribution in [0.25, 0.3) is 11.1 Å². The number of nitrogens with two attached hydrogens (primary N) is 1. The number of nitrogen functional groups attached to an aromatic ring is 1. The summed E-state index contributed by atoms with van der Waals surface area (Å²) >= 11 is 1.56. The summed E-state index contributed by atoms with van der Waals surface area (Å²) in [5.74, 6) is 0.893. The quantitative estimate of drug-likeness (QED) is 0.864. The number of rotatable bonds is 2. The minimum atomic E-state index is -0.158. The average Bonchev–Trinajstić information content (AvgIpc) is 2.63. The van der Waals surface area contributed by atoms with Crippen molar-refractivity contribution in [1.82, 2.24) is 0 Å². The summed E-state index contributed by atoms with van der Waals surface area (Å²) in [6.07, 6.45) is 0. The molecule has 90 valence electrons. The smallest absolute Gasteiger partial charge is 0.120 e. The summed E-state index contributed by atoms with van der Waals surface area (Å²) in [7, 11) is 0. The fourth-order valence-corrected chi connectivity index (χ4v) is 2.24. The van der Waals surface area contributed by atoms with E-state index in [1.54, 1.807) is 11.3 Å². The Morgan fingerprint density at radius 2 is 1.71 bits per heavy atom. The van der Waals surface area contributed by atoms with Gasteiger partial charge in [-0.15, -0.1) is 11.3 Å². The van der Waals surface area contributed by atoms with Crippen LogP contribution in [0.2, 0.25) is 0 Å². The molecule has 0 fully saturated rings. The Balaban J connectivity index is 2.19. The number of ether oxygens (including phenoxy) is 1. The maximum absolute atomic E-state index is 5.78. The highest BCUT2D eigenvalue weighted by molar-refractivity contribution is 7.14. The molecular formula is C14H17NOS. The lowest BCUT2D eigenvalue weighted by molar-refractivity contribution is 0.131. The maximum Gasteiger partial charge on any atom is 0.120 e. The van der Waals surface area contributed by atoms with Crippen LogP contribution in [0.1, 0.15) is 20.8 Å². The van der Waals surface area contributed by atoms with E-state index >= 15 is 0 Å². The van der Waals surface area contributed by atoms with Crippen molar-refractivity contribution in [3.8, 4) is 16.9 Å². The minimum Gasteiger partial charge on any atom is -0.488 e. The van der Waals surface area contributed by atoms with E-state index in [1.165, 1.54) is 5.56 Å². The number of thiophene rings is 1. The summed E-state index contributed by atoms with van der Waals surface area (Å²) in [5.41, 5.74) is 7.89. The molecule has 0 saturated heterocycles. The number of hydrogen-bond acceptors (Lipinski definition) is 3. The van der Waals surface area contributed by atoms with Crippen molar-refractivity contribution in [2.24, 2.45) is 0 Å². The van der Waals surface area contributed by atoms with Crippen molar-refractivity contribution in [2.75, 3.05) is 5.73 Å². The standard InChI is InChI=1S/C14H17NOS/c1-14(2,3)16-12-6-4-10(5-7-12)11-8-13(15)17-9-11/h4-9H,15H2,1-3H3. The van der Waals surface area contributed by atoms with E-state index in [0.717, 1.165) is 16.3 Å². The van der Waals surface area contributed by atoms with Crippen LogP contribution < -0.4 is 10.5 Å². The molecule has 17 heavy (non-hydrogen) atoms. The molecule has 0 aliphatic heterocycles. The highest BCUT2D eigenvalue weighted by Gasteiger charge is 2.11. The summed E-state index contributed by atoms with van der Waals surface area (Å²) < 4.78 is 5.78. The van der Waals surface area contributed by atoms with Gasteiger partial charge in [0.2, 0.25) is 0 Å². The zero-order valence-corrected chi connectivity index (χ0v) is 11.2. The van der Waals surface area contributed by atoms with Gasteiger partial charge in [0.25, 0.3) is 0 Å². The first-order valence-electron chi connectivity index (χ1n) is 5.57. The molecule has 0 spiro atoms. The van der Waals surface area contributed by atoms with Gasteiger partial charge in [-0.1, -0.05) is 12.1 Å². The Labute approximate surface area is 106 Å². The van der Waals surface area contributed by atoms with Crippen LogP contribution >= 0.6 is 11.3 Å². The van der Waals surface area contributed by atoms with Gasteiger partial charge >= 0.3 is 0 Å². The Kier molecular flexibility index (Phi) is 3.11. The van der Waals surface area contributed by atoms with Crippen LogP contribution in [0.4, 0.5) is 5.00 Å². The van der Waals surface area contributed by atoms with Crippen molar-refractivity contribution >= 4 is 16.3 Å². The van der Waals surface area contributed by atoms with E-state index in [4.69, 9.17) is 10.5 Å². The molecule has 0 aliphatic carbocycles. The van der Waals surface area contributed by atoms with E-state index in [-0.39, 0.29) is 5.60 Å². The lowest BCUT2D eigenvalue weighted by Crippen LogP contribution is -2.22. The highest BCUT2D eigenvalue weighted by Crippen LogP contribution is 2.29. The summed E-state index contributed by atoms with van der Waals surface area (Å²) in [5, 5.41) is 2.91. The molecule has 2 aromatic rings. The topological polar surface area (TPSA) is 35.2 Å². The summed E-state index contributed by atoms with van der Waals surface area (Å²) in [6.45, 7) is 6.13.